The summed E-state index contributed by atoms with van der Waals surface area (Å²) >= 11 is 6.17. The number of carbonyl (C=O) groups excluding carboxylic acids is 2. The van der Waals surface area contributed by atoms with E-state index in [0.717, 1.165) is 11.3 Å². The summed E-state index contributed by atoms with van der Waals surface area (Å²) in [7, 11) is 5.44. The van der Waals surface area contributed by atoms with Crippen molar-refractivity contribution in [3.05, 3.63) is 89.3 Å². The molecule has 1 atom stereocenters. The fourth-order valence-corrected chi connectivity index (χ4v) is 4.44. The Morgan fingerprint density at radius 3 is 2.43 bits per heavy atom. The number of halogens is 1. The molecule has 9 heteroatoms. The number of rotatable bonds is 6. The van der Waals surface area contributed by atoms with Gasteiger partial charge in [-0.2, -0.15) is 0 Å². The maximum atomic E-state index is 13.2. The Kier molecular flexibility index (Phi) is 6.69. The average Bonchev–Trinajstić information content (AvgIpc) is 3.21. The van der Waals surface area contributed by atoms with Gasteiger partial charge in [-0.05, 0) is 74.3 Å². The van der Waals surface area contributed by atoms with E-state index >= 15 is 0 Å². The van der Waals surface area contributed by atoms with Crippen LogP contribution in [0.15, 0.2) is 78.2 Å². The second kappa shape index (κ2) is 10.1. The predicted octanol–water partition coefficient (Wildman–Crippen LogP) is 4.96. The molecule has 0 saturated heterocycles. The first-order valence-corrected chi connectivity index (χ1v) is 12.0. The second-order valence-electron chi connectivity index (χ2n) is 9.03. The number of ether oxygens (including phenoxy) is 2. The van der Waals surface area contributed by atoms with Crippen molar-refractivity contribution in [2.24, 2.45) is 4.99 Å². The topological polar surface area (TPSA) is 83.5 Å². The van der Waals surface area contributed by atoms with Crippen molar-refractivity contribution in [2.75, 3.05) is 37.9 Å². The highest BCUT2D eigenvalue weighted by molar-refractivity contribution is 6.31. The van der Waals surface area contributed by atoms with Gasteiger partial charge < -0.3 is 24.6 Å². The van der Waals surface area contributed by atoms with Crippen LogP contribution in [0.2, 0.25) is 5.02 Å². The molecule has 1 N–H and O–H groups in total. The molecule has 2 aliphatic rings. The maximum Gasteiger partial charge on any atom is 0.240 e. The first-order chi connectivity index (χ1) is 17.8. The summed E-state index contributed by atoms with van der Waals surface area (Å²) in [6.07, 6.45) is 2.92. The third-order valence-electron chi connectivity index (χ3n) is 6.12. The van der Waals surface area contributed by atoms with Crippen LogP contribution >= 0.6 is 11.6 Å². The van der Waals surface area contributed by atoms with Crippen LogP contribution in [0.5, 0.6) is 11.5 Å². The van der Waals surface area contributed by atoms with E-state index < -0.39 is 5.92 Å². The lowest BCUT2D eigenvalue weighted by Crippen LogP contribution is -2.34. The molecular formula is C28H25ClN4O4. The van der Waals surface area contributed by atoms with Crippen LogP contribution in [0.4, 0.5) is 17.1 Å². The average molecular weight is 517 g/mol. The van der Waals surface area contributed by atoms with Crippen molar-refractivity contribution < 1.29 is 19.1 Å². The van der Waals surface area contributed by atoms with E-state index in [2.05, 4.69) is 5.32 Å². The molecule has 0 bridgehead atoms. The number of fused-ring (bicyclic) bond motifs is 2. The SMILES string of the molecule is CN(C)CC(=O)N(C)c1ccc(N=C(c2ccc3c(c2)OC=CO3)C2C(=O)Nc3cc(Cl)ccc32)cc1. The molecule has 2 aliphatic heterocycles. The first-order valence-electron chi connectivity index (χ1n) is 11.6. The molecule has 0 saturated carbocycles. The molecule has 0 spiro atoms. The highest BCUT2D eigenvalue weighted by Gasteiger charge is 2.36. The zero-order valence-electron chi connectivity index (χ0n) is 20.6. The monoisotopic (exact) mass is 516 g/mol. The van der Waals surface area contributed by atoms with Gasteiger partial charge in [-0.3, -0.25) is 14.6 Å². The molecular weight excluding hydrogens is 492 g/mol. The highest BCUT2D eigenvalue weighted by Crippen LogP contribution is 2.39. The number of anilines is 2. The van der Waals surface area contributed by atoms with Gasteiger partial charge in [0.2, 0.25) is 11.8 Å². The van der Waals surface area contributed by atoms with Gasteiger partial charge in [0.05, 0.1) is 17.9 Å². The van der Waals surface area contributed by atoms with Crippen LogP contribution in [0, 0.1) is 0 Å². The number of aliphatic imine (C=N–C) groups is 1. The molecule has 3 aromatic rings. The third kappa shape index (κ3) is 5.07. The van der Waals surface area contributed by atoms with Crippen molar-refractivity contribution >= 4 is 46.2 Å². The number of nitrogens with zero attached hydrogens (tertiary/aromatic N) is 3. The Hall–Kier alpha value is -4.14. The summed E-state index contributed by atoms with van der Waals surface area (Å²) in [5.41, 5.74) is 4.09. The summed E-state index contributed by atoms with van der Waals surface area (Å²) < 4.78 is 11.1. The number of hydrogen-bond acceptors (Lipinski definition) is 6. The molecule has 5 rings (SSSR count). The summed E-state index contributed by atoms with van der Waals surface area (Å²) in [6.45, 7) is 0.306. The molecule has 37 heavy (non-hydrogen) atoms. The molecule has 0 radical (unpaired) electrons. The Morgan fingerprint density at radius 2 is 1.70 bits per heavy atom. The quantitative estimate of drug-likeness (QED) is 0.468. The molecule has 2 heterocycles. The Bertz CT molecular complexity index is 1430. The molecule has 8 nitrogen and oxygen atoms in total. The lowest BCUT2D eigenvalue weighted by Gasteiger charge is -2.20. The van der Waals surface area contributed by atoms with Gasteiger partial charge in [0.25, 0.3) is 0 Å². The fraction of sp³-hybridized carbons (Fsp3) is 0.179. The number of amides is 2. The number of hydrogen-bond donors (Lipinski definition) is 1. The van der Waals surface area contributed by atoms with Crippen molar-refractivity contribution in [1.29, 1.82) is 0 Å². The van der Waals surface area contributed by atoms with E-state index in [1.54, 1.807) is 36.2 Å². The zero-order chi connectivity index (χ0) is 26.1. The van der Waals surface area contributed by atoms with Crippen molar-refractivity contribution in [3.63, 3.8) is 0 Å². The van der Waals surface area contributed by atoms with Crippen LogP contribution in [0.3, 0.4) is 0 Å². The zero-order valence-corrected chi connectivity index (χ0v) is 21.3. The number of likely N-dealkylation sites (N-methyl/N-ethyl adjacent to an activating group) is 2. The van der Waals surface area contributed by atoms with E-state index in [0.29, 0.717) is 45.7 Å². The van der Waals surface area contributed by atoms with Gasteiger partial charge in [0.15, 0.2) is 11.5 Å². The number of benzene rings is 3. The first kappa shape index (κ1) is 24.5. The van der Waals surface area contributed by atoms with Crippen molar-refractivity contribution in [1.82, 2.24) is 4.90 Å². The standard InChI is InChI=1S/C28H25ClN4O4/c1-32(2)16-25(34)33(3)20-8-6-19(7-9-20)30-27(17-4-11-23-24(14-17)37-13-12-36-23)26-21-10-5-18(29)15-22(21)31-28(26)35/h4-15,26H,16H2,1-3H3,(H,31,35). The summed E-state index contributed by atoms with van der Waals surface area (Å²) in [5.74, 6) is 0.221. The van der Waals surface area contributed by atoms with Gasteiger partial charge in [-0.25, -0.2) is 0 Å². The van der Waals surface area contributed by atoms with Crippen molar-refractivity contribution in [2.45, 2.75) is 5.92 Å². The summed E-state index contributed by atoms with van der Waals surface area (Å²) in [4.78, 5) is 34.0. The van der Waals surface area contributed by atoms with E-state index in [-0.39, 0.29) is 11.8 Å². The largest absolute Gasteiger partial charge is 0.458 e. The molecule has 0 aromatic heterocycles. The predicted molar refractivity (Wildman–Crippen MR) is 144 cm³/mol. The molecule has 1 unspecified atom stereocenters. The molecule has 0 fully saturated rings. The molecule has 3 aromatic carbocycles. The van der Waals surface area contributed by atoms with Crippen LogP contribution in [-0.4, -0.2) is 50.1 Å². The lowest BCUT2D eigenvalue weighted by atomic mass is 9.90. The molecule has 188 valence electrons. The Morgan fingerprint density at radius 1 is 0.973 bits per heavy atom. The fourth-order valence-electron chi connectivity index (χ4n) is 4.27. The minimum absolute atomic E-state index is 0.0230. The minimum Gasteiger partial charge on any atom is -0.458 e. The van der Waals surface area contributed by atoms with E-state index in [4.69, 9.17) is 26.1 Å². The smallest absolute Gasteiger partial charge is 0.240 e. The molecule has 0 aliphatic carbocycles. The van der Waals surface area contributed by atoms with Crippen LogP contribution < -0.4 is 19.7 Å². The van der Waals surface area contributed by atoms with Gasteiger partial charge >= 0.3 is 0 Å². The van der Waals surface area contributed by atoms with Crippen molar-refractivity contribution in [3.8, 4) is 11.5 Å². The lowest BCUT2D eigenvalue weighted by molar-refractivity contribution is -0.119. The molecule has 2 amide bonds. The van der Waals surface area contributed by atoms with Gasteiger partial charge in [0, 0.05) is 29.0 Å². The summed E-state index contributed by atoms with van der Waals surface area (Å²) in [5, 5.41) is 3.45. The van der Waals surface area contributed by atoms with Gasteiger partial charge in [0.1, 0.15) is 18.4 Å². The van der Waals surface area contributed by atoms with Gasteiger partial charge in [-0.15, -0.1) is 0 Å². The third-order valence-corrected chi connectivity index (χ3v) is 6.35. The van der Waals surface area contributed by atoms with E-state index in [9.17, 15) is 9.59 Å². The normalized spacial score (nSPS) is 16.0. The summed E-state index contributed by atoms with van der Waals surface area (Å²) in [6, 6.07) is 18.1. The minimum atomic E-state index is -0.658. The number of nitrogens with one attached hydrogen (secondary N) is 1. The maximum absolute atomic E-state index is 13.2. The Labute approximate surface area is 219 Å². The van der Waals surface area contributed by atoms with E-state index in [1.807, 2.05) is 55.4 Å². The second-order valence-corrected chi connectivity index (χ2v) is 9.46. The highest BCUT2D eigenvalue weighted by atomic mass is 35.5. The van der Waals surface area contributed by atoms with Crippen LogP contribution in [0.1, 0.15) is 17.0 Å². The van der Waals surface area contributed by atoms with E-state index in [1.165, 1.54) is 12.5 Å². The number of carbonyl (C=O) groups is 2. The van der Waals surface area contributed by atoms with Crippen LogP contribution in [-0.2, 0) is 9.59 Å². The van der Waals surface area contributed by atoms with Crippen LogP contribution in [0.25, 0.3) is 0 Å². The van der Waals surface area contributed by atoms with Gasteiger partial charge in [-0.1, -0.05) is 17.7 Å². The Balaban J connectivity index is 1.55.